The van der Waals surface area contributed by atoms with Gasteiger partial charge in [-0.15, -0.1) is 0 Å². The summed E-state index contributed by atoms with van der Waals surface area (Å²) in [6.45, 7) is 0. The van der Waals surface area contributed by atoms with E-state index < -0.39 is 11.9 Å². The van der Waals surface area contributed by atoms with Gasteiger partial charge in [0, 0.05) is 7.05 Å². The van der Waals surface area contributed by atoms with Crippen LogP contribution in [-0.4, -0.2) is 24.0 Å². The number of benzene rings is 1. The fraction of sp³-hybridized carbons (Fsp3) is 0.111. The molecule has 1 aromatic carbocycles. The third kappa shape index (κ3) is 1.66. The average Bonchev–Trinajstić information content (AvgIpc) is 2.16. The van der Waals surface area contributed by atoms with Gasteiger partial charge in [-0.05, 0) is 12.1 Å². The van der Waals surface area contributed by atoms with Gasteiger partial charge in [0.25, 0.3) is 5.91 Å². The van der Waals surface area contributed by atoms with Crippen molar-refractivity contribution >= 4 is 17.6 Å². The molecule has 0 atom stereocenters. The molecule has 0 saturated carbocycles. The van der Waals surface area contributed by atoms with Crippen molar-refractivity contribution in [1.29, 1.82) is 0 Å². The molecule has 14 heavy (non-hydrogen) atoms. The van der Waals surface area contributed by atoms with Gasteiger partial charge in [-0.1, -0.05) is 6.07 Å². The van der Waals surface area contributed by atoms with E-state index in [9.17, 15) is 9.59 Å². The lowest BCUT2D eigenvalue weighted by Gasteiger charge is -2.06. The van der Waals surface area contributed by atoms with Gasteiger partial charge in [0.15, 0.2) is 0 Å². The van der Waals surface area contributed by atoms with E-state index in [4.69, 9.17) is 10.8 Å². The quantitative estimate of drug-likeness (QED) is 0.591. The monoisotopic (exact) mass is 194 g/mol. The highest BCUT2D eigenvalue weighted by molar-refractivity contribution is 6.04. The van der Waals surface area contributed by atoms with Crippen LogP contribution in [0, 0.1) is 0 Å². The lowest BCUT2D eigenvalue weighted by Crippen LogP contribution is -2.20. The summed E-state index contributed by atoms with van der Waals surface area (Å²) < 4.78 is 0. The lowest BCUT2D eigenvalue weighted by molar-refractivity contribution is 0.0698. The summed E-state index contributed by atoms with van der Waals surface area (Å²) in [5.74, 6) is -1.54. The molecule has 0 heterocycles. The SMILES string of the molecule is CNC(=O)c1cccc(C(=O)O)c1N. The number of nitrogens with two attached hydrogens (primary N) is 1. The summed E-state index contributed by atoms with van der Waals surface area (Å²) in [4.78, 5) is 21.9. The number of carboxylic acid groups (broad SMARTS) is 1. The normalized spacial score (nSPS) is 9.50. The highest BCUT2D eigenvalue weighted by atomic mass is 16.4. The Balaban J connectivity index is 3.27. The second-order valence-electron chi connectivity index (χ2n) is 2.65. The molecule has 1 amide bonds. The third-order valence-corrected chi connectivity index (χ3v) is 1.81. The van der Waals surface area contributed by atoms with Crippen LogP contribution in [-0.2, 0) is 0 Å². The molecular formula is C9H10N2O3. The van der Waals surface area contributed by atoms with E-state index in [1.807, 2.05) is 0 Å². The Kier molecular flexibility index (Phi) is 2.71. The van der Waals surface area contributed by atoms with Crippen molar-refractivity contribution in [3.05, 3.63) is 29.3 Å². The van der Waals surface area contributed by atoms with Crippen molar-refractivity contribution in [1.82, 2.24) is 5.32 Å². The van der Waals surface area contributed by atoms with Gasteiger partial charge in [-0.2, -0.15) is 0 Å². The molecule has 0 aliphatic carbocycles. The molecule has 5 nitrogen and oxygen atoms in total. The maximum absolute atomic E-state index is 11.2. The Bertz CT molecular complexity index is 388. The number of nitrogen functional groups attached to an aromatic ring is 1. The average molecular weight is 194 g/mol. The highest BCUT2D eigenvalue weighted by Crippen LogP contribution is 2.17. The van der Waals surface area contributed by atoms with Crippen LogP contribution in [0.15, 0.2) is 18.2 Å². The molecule has 1 aromatic rings. The molecule has 0 aliphatic heterocycles. The fourth-order valence-corrected chi connectivity index (χ4v) is 1.08. The number of nitrogens with one attached hydrogen (secondary N) is 1. The van der Waals surface area contributed by atoms with E-state index >= 15 is 0 Å². The number of anilines is 1. The standard InChI is InChI=1S/C9H10N2O3/c1-11-8(12)5-3-2-4-6(7(5)10)9(13)14/h2-4H,10H2,1H3,(H,11,12)(H,13,14). The van der Waals surface area contributed by atoms with Crippen molar-refractivity contribution in [2.45, 2.75) is 0 Å². The topological polar surface area (TPSA) is 92.4 Å². The van der Waals surface area contributed by atoms with E-state index in [0.717, 1.165) is 0 Å². The van der Waals surface area contributed by atoms with Crippen LogP contribution in [0.25, 0.3) is 0 Å². The Morgan fingerprint density at radius 3 is 2.43 bits per heavy atom. The van der Waals surface area contributed by atoms with Gasteiger partial charge in [0.2, 0.25) is 0 Å². The minimum atomic E-state index is -1.15. The van der Waals surface area contributed by atoms with Gasteiger partial charge in [-0.25, -0.2) is 4.79 Å². The molecule has 0 aliphatic rings. The molecule has 0 aromatic heterocycles. The van der Waals surface area contributed by atoms with Gasteiger partial charge in [0.05, 0.1) is 16.8 Å². The predicted molar refractivity (Wildman–Crippen MR) is 51.2 cm³/mol. The van der Waals surface area contributed by atoms with Crippen LogP contribution in [0.2, 0.25) is 0 Å². The van der Waals surface area contributed by atoms with Crippen molar-refractivity contribution in [2.24, 2.45) is 0 Å². The summed E-state index contributed by atoms with van der Waals surface area (Å²) in [7, 11) is 1.45. The number of carbonyl (C=O) groups is 2. The Morgan fingerprint density at radius 1 is 1.36 bits per heavy atom. The van der Waals surface area contributed by atoms with Crippen molar-refractivity contribution < 1.29 is 14.7 Å². The van der Waals surface area contributed by atoms with Crippen LogP contribution in [0.3, 0.4) is 0 Å². The summed E-state index contributed by atoms with van der Waals surface area (Å²) in [5, 5.41) is 11.1. The van der Waals surface area contributed by atoms with Crippen molar-refractivity contribution in [3.8, 4) is 0 Å². The Labute approximate surface area is 80.5 Å². The molecule has 0 bridgehead atoms. The summed E-state index contributed by atoms with van der Waals surface area (Å²) in [5.41, 5.74) is 5.61. The Hall–Kier alpha value is -2.04. The maximum atomic E-state index is 11.2. The van der Waals surface area contributed by atoms with Gasteiger partial charge in [-0.3, -0.25) is 4.79 Å². The maximum Gasteiger partial charge on any atom is 0.337 e. The minimum Gasteiger partial charge on any atom is -0.478 e. The zero-order valence-corrected chi connectivity index (χ0v) is 7.57. The first-order valence-electron chi connectivity index (χ1n) is 3.91. The van der Waals surface area contributed by atoms with Crippen LogP contribution < -0.4 is 11.1 Å². The Morgan fingerprint density at radius 2 is 1.93 bits per heavy atom. The highest BCUT2D eigenvalue weighted by Gasteiger charge is 2.14. The molecule has 4 N–H and O–H groups in total. The molecule has 0 fully saturated rings. The first-order chi connectivity index (χ1) is 6.57. The summed E-state index contributed by atoms with van der Waals surface area (Å²) >= 11 is 0. The number of aromatic carboxylic acids is 1. The van der Waals surface area contributed by atoms with Gasteiger partial charge < -0.3 is 16.2 Å². The number of hydrogen-bond acceptors (Lipinski definition) is 3. The molecule has 5 heteroatoms. The fourth-order valence-electron chi connectivity index (χ4n) is 1.08. The summed E-state index contributed by atoms with van der Waals surface area (Å²) in [6.07, 6.45) is 0. The second-order valence-corrected chi connectivity index (χ2v) is 2.65. The van der Waals surface area contributed by atoms with Crippen LogP contribution in [0.5, 0.6) is 0 Å². The number of hydrogen-bond donors (Lipinski definition) is 3. The number of carbonyl (C=O) groups excluding carboxylic acids is 1. The predicted octanol–water partition coefficient (Wildman–Crippen LogP) is 0.327. The van der Waals surface area contributed by atoms with E-state index in [1.165, 1.54) is 25.2 Å². The molecule has 0 saturated heterocycles. The molecule has 74 valence electrons. The van der Waals surface area contributed by atoms with E-state index in [1.54, 1.807) is 0 Å². The smallest absolute Gasteiger partial charge is 0.337 e. The largest absolute Gasteiger partial charge is 0.478 e. The molecule has 1 rings (SSSR count). The molecular weight excluding hydrogens is 184 g/mol. The van der Waals surface area contributed by atoms with Gasteiger partial charge >= 0.3 is 5.97 Å². The number of carboxylic acids is 1. The van der Waals surface area contributed by atoms with Crippen molar-refractivity contribution in [3.63, 3.8) is 0 Å². The number of para-hydroxylation sites is 1. The van der Waals surface area contributed by atoms with Crippen molar-refractivity contribution in [2.75, 3.05) is 12.8 Å². The van der Waals surface area contributed by atoms with Crippen LogP contribution in [0.4, 0.5) is 5.69 Å². The van der Waals surface area contributed by atoms with E-state index in [2.05, 4.69) is 5.32 Å². The second kappa shape index (κ2) is 3.78. The zero-order chi connectivity index (χ0) is 10.7. The lowest BCUT2D eigenvalue weighted by atomic mass is 10.1. The molecule has 0 radical (unpaired) electrons. The van der Waals surface area contributed by atoms with Crippen LogP contribution in [0.1, 0.15) is 20.7 Å². The van der Waals surface area contributed by atoms with E-state index in [-0.39, 0.29) is 16.8 Å². The first kappa shape index (κ1) is 10.0. The first-order valence-corrected chi connectivity index (χ1v) is 3.91. The number of rotatable bonds is 2. The summed E-state index contributed by atoms with van der Waals surface area (Å²) in [6, 6.07) is 4.30. The van der Waals surface area contributed by atoms with Crippen LogP contribution >= 0.6 is 0 Å². The minimum absolute atomic E-state index is 0.0145. The molecule has 0 spiro atoms. The number of amides is 1. The zero-order valence-electron chi connectivity index (χ0n) is 7.57. The third-order valence-electron chi connectivity index (χ3n) is 1.81. The van der Waals surface area contributed by atoms with Gasteiger partial charge in [0.1, 0.15) is 0 Å². The molecule has 0 unspecified atom stereocenters. The van der Waals surface area contributed by atoms with E-state index in [0.29, 0.717) is 0 Å².